The molecule has 0 aromatic carbocycles. The second-order valence-electron chi connectivity index (χ2n) is 3.75. The van der Waals surface area contributed by atoms with Gasteiger partial charge in [-0.2, -0.15) is 5.10 Å². The SMILES string of the molecule is CC(C)C(C)c1ccc(=O)n(C)n1. The Morgan fingerprint density at radius 2 is 1.92 bits per heavy atom. The molecule has 1 aromatic heterocycles. The van der Waals surface area contributed by atoms with Gasteiger partial charge in [0.05, 0.1) is 5.69 Å². The molecule has 13 heavy (non-hydrogen) atoms. The van der Waals surface area contributed by atoms with Crippen molar-refractivity contribution in [2.24, 2.45) is 13.0 Å². The van der Waals surface area contributed by atoms with Gasteiger partial charge in [0.1, 0.15) is 0 Å². The lowest BCUT2D eigenvalue weighted by atomic mass is 9.95. The molecular weight excluding hydrogens is 164 g/mol. The predicted octanol–water partition coefficient (Wildman–Crippen LogP) is 1.54. The Morgan fingerprint density at radius 1 is 1.31 bits per heavy atom. The van der Waals surface area contributed by atoms with Crippen molar-refractivity contribution < 1.29 is 0 Å². The summed E-state index contributed by atoms with van der Waals surface area (Å²) in [5, 5.41) is 4.20. The minimum atomic E-state index is -0.0558. The Morgan fingerprint density at radius 3 is 2.38 bits per heavy atom. The fraction of sp³-hybridized carbons (Fsp3) is 0.600. The molecule has 3 heteroatoms. The van der Waals surface area contributed by atoms with Crippen LogP contribution in [0.25, 0.3) is 0 Å². The van der Waals surface area contributed by atoms with Crippen molar-refractivity contribution in [1.29, 1.82) is 0 Å². The molecule has 0 aliphatic carbocycles. The molecule has 0 aliphatic heterocycles. The summed E-state index contributed by atoms with van der Waals surface area (Å²) in [7, 11) is 1.68. The second-order valence-corrected chi connectivity index (χ2v) is 3.75. The molecule has 0 bridgehead atoms. The quantitative estimate of drug-likeness (QED) is 0.692. The minimum Gasteiger partial charge on any atom is -0.268 e. The first kappa shape index (κ1) is 9.96. The molecule has 0 amide bonds. The molecule has 1 heterocycles. The molecule has 72 valence electrons. The van der Waals surface area contributed by atoms with Gasteiger partial charge in [-0.1, -0.05) is 20.8 Å². The average molecular weight is 180 g/mol. The summed E-state index contributed by atoms with van der Waals surface area (Å²) in [6.07, 6.45) is 0. The highest BCUT2D eigenvalue weighted by Gasteiger charge is 2.11. The van der Waals surface area contributed by atoms with Crippen LogP contribution in [0.2, 0.25) is 0 Å². The van der Waals surface area contributed by atoms with Crippen LogP contribution in [0.3, 0.4) is 0 Å². The maximum Gasteiger partial charge on any atom is 0.266 e. The molecule has 1 atom stereocenters. The average Bonchev–Trinajstić information content (AvgIpc) is 2.08. The van der Waals surface area contributed by atoms with Crippen molar-refractivity contribution in [3.8, 4) is 0 Å². The van der Waals surface area contributed by atoms with E-state index in [1.54, 1.807) is 13.1 Å². The van der Waals surface area contributed by atoms with Crippen LogP contribution in [0.5, 0.6) is 0 Å². The molecule has 0 fully saturated rings. The molecule has 0 aliphatic rings. The van der Waals surface area contributed by atoms with Crippen LogP contribution in [-0.2, 0) is 7.05 Å². The highest BCUT2D eigenvalue weighted by atomic mass is 16.1. The zero-order valence-corrected chi connectivity index (χ0v) is 8.61. The number of hydrogen-bond donors (Lipinski definition) is 0. The summed E-state index contributed by atoms with van der Waals surface area (Å²) in [6, 6.07) is 3.38. The van der Waals surface area contributed by atoms with Gasteiger partial charge in [0.15, 0.2) is 0 Å². The summed E-state index contributed by atoms with van der Waals surface area (Å²) in [4.78, 5) is 11.1. The molecule has 0 saturated heterocycles. The van der Waals surface area contributed by atoms with Gasteiger partial charge in [-0.3, -0.25) is 4.79 Å². The lowest BCUT2D eigenvalue weighted by Crippen LogP contribution is -2.20. The molecule has 0 radical (unpaired) electrons. The summed E-state index contributed by atoms with van der Waals surface area (Å²) < 4.78 is 1.38. The Bertz CT molecular complexity index is 341. The summed E-state index contributed by atoms with van der Waals surface area (Å²) >= 11 is 0. The molecule has 0 N–H and O–H groups in total. The van der Waals surface area contributed by atoms with Crippen LogP contribution in [0.4, 0.5) is 0 Å². The monoisotopic (exact) mass is 180 g/mol. The number of aromatic nitrogens is 2. The van der Waals surface area contributed by atoms with Crippen molar-refractivity contribution >= 4 is 0 Å². The fourth-order valence-electron chi connectivity index (χ4n) is 1.10. The predicted molar refractivity (Wildman–Crippen MR) is 52.7 cm³/mol. The largest absolute Gasteiger partial charge is 0.268 e. The standard InChI is InChI=1S/C10H16N2O/c1-7(2)8(3)9-5-6-10(13)12(4)11-9/h5-8H,1-4H3. The van der Waals surface area contributed by atoms with Gasteiger partial charge in [0.2, 0.25) is 0 Å². The zero-order valence-electron chi connectivity index (χ0n) is 8.61. The molecule has 0 spiro atoms. The van der Waals surface area contributed by atoms with E-state index < -0.39 is 0 Å². The molecule has 1 rings (SSSR count). The third kappa shape index (κ3) is 2.17. The van der Waals surface area contributed by atoms with E-state index in [-0.39, 0.29) is 5.56 Å². The van der Waals surface area contributed by atoms with Gasteiger partial charge < -0.3 is 0 Å². The van der Waals surface area contributed by atoms with E-state index in [9.17, 15) is 4.79 Å². The van der Waals surface area contributed by atoms with E-state index in [2.05, 4.69) is 25.9 Å². The molecule has 1 unspecified atom stereocenters. The van der Waals surface area contributed by atoms with Crippen molar-refractivity contribution in [2.45, 2.75) is 26.7 Å². The van der Waals surface area contributed by atoms with Crippen molar-refractivity contribution in [2.75, 3.05) is 0 Å². The number of nitrogens with zero attached hydrogens (tertiary/aromatic N) is 2. The van der Waals surface area contributed by atoms with Crippen molar-refractivity contribution in [1.82, 2.24) is 9.78 Å². The van der Waals surface area contributed by atoms with E-state index in [4.69, 9.17) is 0 Å². The smallest absolute Gasteiger partial charge is 0.266 e. The van der Waals surface area contributed by atoms with Gasteiger partial charge in [0.25, 0.3) is 5.56 Å². The normalized spacial score (nSPS) is 13.3. The molecule has 0 saturated carbocycles. The van der Waals surface area contributed by atoms with E-state index in [0.29, 0.717) is 11.8 Å². The van der Waals surface area contributed by atoms with Gasteiger partial charge >= 0.3 is 0 Å². The Balaban J connectivity index is 3.04. The third-order valence-corrected chi connectivity index (χ3v) is 2.45. The van der Waals surface area contributed by atoms with Crippen LogP contribution in [-0.4, -0.2) is 9.78 Å². The van der Waals surface area contributed by atoms with Gasteiger partial charge in [-0.15, -0.1) is 0 Å². The maximum absolute atomic E-state index is 11.1. The highest BCUT2D eigenvalue weighted by molar-refractivity contribution is 5.06. The van der Waals surface area contributed by atoms with Crippen molar-refractivity contribution in [3.63, 3.8) is 0 Å². The lowest BCUT2D eigenvalue weighted by molar-refractivity contribution is 0.504. The van der Waals surface area contributed by atoms with E-state index in [1.807, 2.05) is 6.07 Å². The summed E-state index contributed by atoms with van der Waals surface area (Å²) in [5.74, 6) is 0.941. The van der Waals surface area contributed by atoms with Crippen LogP contribution < -0.4 is 5.56 Å². The Labute approximate surface area is 78.4 Å². The van der Waals surface area contributed by atoms with Crippen LogP contribution in [0.15, 0.2) is 16.9 Å². The van der Waals surface area contributed by atoms with E-state index >= 15 is 0 Å². The molecule has 3 nitrogen and oxygen atoms in total. The van der Waals surface area contributed by atoms with Gasteiger partial charge in [0, 0.05) is 19.0 Å². The van der Waals surface area contributed by atoms with Crippen molar-refractivity contribution in [3.05, 3.63) is 28.2 Å². The minimum absolute atomic E-state index is 0.0558. The zero-order chi connectivity index (χ0) is 10.0. The first-order valence-electron chi connectivity index (χ1n) is 4.56. The Hall–Kier alpha value is -1.12. The summed E-state index contributed by atoms with van der Waals surface area (Å²) in [5.41, 5.74) is 0.928. The second kappa shape index (κ2) is 3.73. The topological polar surface area (TPSA) is 34.9 Å². The summed E-state index contributed by atoms with van der Waals surface area (Å²) in [6.45, 7) is 6.42. The highest BCUT2D eigenvalue weighted by Crippen LogP contribution is 2.20. The lowest BCUT2D eigenvalue weighted by Gasteiger charge is -2.14. The number of aryl methyl sites for hydroxylation is 1. The molecular formula is C10H16N2O. The maximum atomic E-state index is 11.1. The first-order chi connectivity index (χ1) is 6.02. The Kier molecular flexibility index (Phi) is 2.86. The van der Waals surface area contributed by atoms with Gasteiger partial charge in [-0.25, -0.2) is 4.68 Å². The van der Waals surface area contributed by atoms with Crippen LogP contribution in [0.1, 0.15) is 32.4 Å². The third-order valence-electron chi connectivity index (χ3n) is 2.45. The number of hydrogen-bond acceptors (Lipinski definition) is 2. The first-order valence-corrected chi connectivity index (χ1v) is 4.56. The van der Waals surface area contributed by atoms with E-state index in [1.165, 1.54) is 4.68 Å². The van der Waals surface area contributed by atoms with E-state index in [0.717, 1.165) is 5.69 Å². The number of rotatable bonds is 2. The fourth-order valence-corrected chi connectivity index (χ4v) is 1.10. The molecule has 1 aromatic rings. The van der Waals surface area contributed by atoms with Crippen LogP contribution in [0, 0.1) is 5.92 Å². The van der Waals surface area contributed by atoms with Crippen LogP contribution >= 0.6 is 0 Å². The van der Waals surface area contributed by atoms with Gasteiger partial charge in [-0.05, 0) is 12.0 Å².